The van der Waals surface area contributed by atoms with Gasteiger partial charge in [0.05, 0.1) is 16.7 Å². The Labute approximate surface area is 187 Å². The number of nitrogens with zero attached hydrogens (tertiary/aromatic N) is 1. The van der Waals surface area contributed by atoms with Crippen molar-refractivity contribution in [2.75, 3.05) is 0 Å². The Bertz CT molecular complexity index is 1050. The molecular formula is C26H28FNO4. The zero-order chi connectivity index (χ0) is 23.3. The van der Waals surface area contributed by atoms with Crippen molar-refractivity contribution < 1.29 is 24.2 Å². The van der Waals surface area contributed by atoms with Crippen LogP contribution in [0.15, 0.2) is 30.3 Å². The topological polar surface area (TPSA) is 98.4 Å². The number of carboxylic acids is 2. The molecule has 0 bridgehead atoms. The number of hydrogen-bond acceptors (Lipinski definition) is 3. The van der Waals surface area contributed by atoms with E-state index in [0.717, 1.165) is 32.1 Å². The molecule has 2 aromatic rings. The van der Waals surface area contributed by atoms with E-state index in [1.807, 2.05) is 0 Å². The minimum absolute atomic E-state index is 0.0940. The van der Waals surface area contributed by atoms with Crippen molar-refractivity contribution in [3.05, 3.63) is 58.4 Å². The van der Waals surface area contributed by atoms with Crippen LogP contribution >= 0.6 is 0 Å². The van der Waals surface area contributed by atoms with Gasteiger partial charge in [0, 0.05) is 0 Å². The van der Waals surface area contributed by atoms with Gasteiger partial charge in [0.25, 0.3) is 0 Å². The van der Waals surface area contributed by atoms with E-state index in [9.17, 15) is 24.2 Å². The van der Waals surface area contributed by atoms with E-state index in [0.29, 0.717) is 22.6 Å². The van der Waals surface area contributed by atoms with Crippen LogP contribution in [0.4, 0.5) is 4.39 Å². The lowest BCUT2D eigenvalue weighted by molar-refractivity contribution is 0.0649. The monoisotopic (exact) mass is 437 g/mol. The average Bonchev–Trinajstić information content (AvgIpc) is 2.78. The number of carbonyl (C=O) groups is 2. The molecule has 0 unspecified atom stereocenters. The van der Waals surface area contributed by atoms with Crippen molar-refractivity contribution in [1.29, 1.82) is 5.26 Å². The molecule has 1 fully saturated rings. The first kappa shape index (κ1) is 23.5. The zero-order valence-corrected chi connectivity index (χ0v) is 18.2. The van der Waals surface area contributed by atoms with E-state index in [-0.39, 0.29) is 22.6 Å². The summed E-state index contributed by atoms with van der Waals surface area (Å²) in [4.78, 5) is 24.0. The van der Waals surface area contributed by atoms with Crippen LogP contribution in [0, 0.1) is 23.1 Å². The molecule has 0 atom stereocenters. The van der Waals surface area contributed by atoms with Crippen molar-refractivity contribution in [3.63, 3.8) is 0 Å². The van der Waals surface area contributed by atoms with E-state index < -0.39 is 17.8 Å². The third-order valence-electron chi connectivity index (χ3n) is 6.56. The lowest BCUT2D eigenvalue weighted by Gasteiger charge is -2.31. The lowest BCUT2D eigenvalue weighted by atomic mass is 9.73. The SMILES string of the molecule is CCCCCC1CCC(c2c(-c3ccc(C#N)c(F)c3)ccc(C(=O)O)c2C(=O)O)CC1. The second-order valence-electron chi connectivity index (χ2n) is 8.58. The van der Waals surface area contributed by atoms with Crippen LogP contribution in [0.3, 0.4) is 0 Å². The summed E-state index contributed by atoms with van der Waals surface area (Å²) in [6.45, 7) is 2.17. The second-order valence-corrected chi connectivity index (χ2v) is 8.58. The van der Waals surface area contributed by atoms with Crippen molar-refractivity contribution in [1.82, 2.24) is 0 Å². The van der Waals surface area contributed by atoms with Gasteiger partial charge in [-0.3, -0.25) is 0 Å². The average molecular weight is 438 g/mol. The quantitative estimate of drug-likeness (QED) is 0.453. The Morgan fingerprint density at radius 3 is 2.34 bits per heavy atom. The van der Waals surface area contributed by atoms with Gasteiger partial charge in [-0.2, -0.15) is 5.26 Å². The fraction of sp³-hybridized carbons (Fsp3) is 0.423. The van der Waals surface area contributed by atoms with Crippen LogP contribution in [0.5, 0.6) is 0 Å². The maximum atomic E-state index is 14.3. The van der Waals surface area contributed by atoms with E-state index in [4.69, 9.17) is 5.26 Å². The number of unbranched alkanes of at least 4 members (excludes halogenated alkanes) is 2. The molecule has 6 heteroatoms. The first-order chi connectivity index (χ1) is 15.4. The van der Waals surface area contributed by atoms with Gasteiger partial charge in [0.15, 0.2) is 0 Å². The fourth-order valence-electron chi connectivity index (χ4n) is 4.90. The van der Waals surface area contributed by atoms with Crippen LogP contribution in [-0.2, 0) is 0 Å². The molecule has 0 heterocycles. The minimum atomic E-state index is -1.30. The second kappa shape index (κ2) is 10.4. The highest BCUT2D eigenvalue weighted by atomic mass is 19.1. The molecule has 1 aliphatic rings. The summed E-state index contributed by atoms with van der Waals surface area (Å²) in [5.74, 6) is -2.79. The molecule has 32 heavy (non-hydrogen) atoms. The van der Waals surface area contributed by atoms with E-state index >= 15 is 0 Å². The van der Waals surface area contributed by atoms with Crippen molar-refractivity contribution >= 4 is 11.9 Å². The van der Waals surface area contributed by atoms with Gasteiger partial charge >= 0.3 is 11.9 Å². The number of hydrogen-bond donors (Lipinski definition) is 2. The largest absolute Gasteiger partial charge is 0.478 e. The zero-order valence-electron chi connectivity index (χ0n) is 18.2. The van der Waals surface area contributed by atoms with Gasteiger partial charge in [0.2, 0.25) is 0 Å². The van der Waals surface area contributed by atoms with Gasteiger partial charge in [-0.1, -0.05) is 44.7 Å². The Morgan fingerprint density at radius 2 is 1.78 bits per heavy atom. The lowest BCUT2D eigenvalue weighted by Crippen LogP contribution is -2.19. The molecule has 3 rings (SSSR count). The van der Waals surface area contributed by atoms with Gasteiger partial charge in [0.1, 0.15) is 11.9 Å². The van der Waals surface area contributed by atoms with Crippen molar-refractivity contribution in [2.45, 2.75) is 64.2 Å². The number of benzene rings is 2. The highest BCUT2D eigenvalue weighted by molar-refractivity contribution is 6.04. The third kappa shape index (κ3) is 4.99. The Hall–Kier alpha value is -3.20. The summed E-state index contributed by atoms with van der Waals surface area (Å²) in [5.41, 5.74) is 0.868. The van der Waals surface area contributed by atoms with Crippen LogP contribution in [0.25, 0.3) is 11.1 Å². The Balaban J connectivity index is 2.05. The summed E-state index contributed by atoms with van der Waals surface area (Å²) < 4.78 is 14.3. The first-order valence-electron chi connectivity index (χ1n) is 11.2. The molecule has 168 valence electrons. The number of nitriles is 1. The maximum absolute atomic E-state index is 14.3. The highest BCUT2D eigenvalue weighted by Crippen LogP contribution is 2.44. The van der Waals surface area contributed by atoms with Gasteiger partial charge < -0.3 is 10.2 Å². The van der Waals surface area contributed by atoms with E-state index in [2.05, 4.69) is 6.92 Å². The summed E-state index contributed by atoms with van der Waals surface area (Å²) in [6.07, 6.45) is 8.20. The number of halogens is 1. The fourth-order valence-corrected chi connectivity index (χ4v) is 4.90. The number of aromatic carboxylic acids is 2. The Kier molecular flexibility index (Phi) is 7.63. The maximum Gasteiger partial charge on any atom is 0.336 e. The molecule has 0 aromatic heterocycles. The number of rotatable bonds is 8. The third-order valence-corrected chi connectivity index (χ3v) is 6.56. The van der Waals surface area contributed by atoms with Crippen LogP contribution in [-0.4, -0.2) is 22.2 Å². The highest BCUT2D eigenvalue weighted by Gasteiger charge is 2.31. The Morgan fingerprint density at radius 1 is 1.06 bits per heavy atom. The molecule has 0 radical (unpaired) electrons. The van der Waals surface area contributed by atoms with Gasteiger partial charge in [-0.05, 0) is 72.4 Å². The van der Waals surface area contributed by atoms with E-state index in [1.165, 1.54) is 37.5 Å². The molecule has 0 amide bonds. The predicted molar refractivity (Wildman–Crippen MR) is 119 cm³/mol. The summed E-state index contributed by atoms with van der Waals surface area (Å²) >= 11 is 0. The summed E-state index contributed by atoms with van der Waals surface area (Å²) in [6, 6.07) is 8.80. The number of carboxylic acid groups (broad SMARTS) is 2. The van der Waals surface area contributed by atoms with Crippen LogP contribution < -0.4 is 0 Å². The molecule has 0 spiro atoms. The van der Waals surface area contributed by atoms with Crippen molar-refractivity contribution in [2.24, 2.45) is 5.92 Å². The molecule has 1 aliphatic carbocycles. The molecule has 1 saturated carbocycles. The van der Waals surface area contributed by atoms with Gasteiger partial charge in [-0.15, -0.1) is 0 Å². The molecule has 0 aliphatic heterocycles. The molecule has 5 nitrogen and oxygen atoms in total. The molecule has 0 saturated heterocycles. The van der Waals surface area contributed by atoms with Crippen molar-refractivity contribution in [3.8, 4) is 17.2 Å². The van der Waals surface area contributed by atoms with Crippen LogP contribution in [0.2, 0.25) is 0 Å². The summed E-state index contributed by atoms with van der Waals surface area (Å²) in [7, 11) is 0. The smallest absolute Gasteiger partial charge is 0.336 e. The van der Waals surface area contributed by atoms with E-state index in [1.54, 1.807) is 18.2 Å². The molecule has 2 aromatic carbocycles. The molecular weight excluding hydrogens is 409 g/mol. The minimum Gasteiger partial charge on any atom is -0.478 e. The van der Waals surface area contributed by atoms with Crippen LogP contribution in [0.1, 0.15) is 96.1 Å². The first-order valence-corrected chi connectivity index (χ1v) is 11.2. The molecule has 2 N–H and O–H groups in total. The standard InChI is InChI=1S/C26H28FNO4/c1-2-3-4-5-16-6-8-17(9-7-16)23-20(18-10-11-19(15-28)22(27)14-18)12-13-21(25(29)30)24(23)26(31)32/h10-14,16-17H,2-9H2,1H3,(H,29,30)(H,31,32). The van der Waals surface area contributed by atoms with Gasteiger partial charge in [-0.25, -0.2) is 14.0 Å². The normalized spacial score (nSPS) is 18.2. The predicted octanol–water partition coefficient (Wildman–Crippen LogP) is 6.61. The summed E-state index contributed by atoms with van der Waals surface area (Å²) in [5, 5.41) is 28.6.